The molecule has 0 unspecified atom stereocenters. The van der Waals surface area contributed by atoms with Crippen LogP contribution in [0.2, 0.25) is 0 Å². The molecule has 2 N–H and O–H groups in total. The Hall–Kier alpha value is -4.49. The van der Waals surface area contributed by atoms with Gasteiger partial charge in [0.25, 0.3) is 10.0 Å². The molecule has 4 aromatic rings. The highest BCUT2D eigenvalue weighted by Crippen LogP contribution is 2.31. The summed E-state index contributed by atoms with van der Waals surface area (Å²) in [6, 6.07) is 11.3. The SMILES string of the molecule is COc1ccc(S(=O)(=O)Nc2ccc(F)cc2C#Cc2cnc(C(=O)O)c(C)c2)c2ncccc12. The average molecular weight is 492 g/mol. The molecular weight excluding hydrogens is 473 g/mol. The second kappa shape index (κ2) is 9.40. The van der Waals surface area contributed by atoms with E-state index in [9.17, 15) is 17.6 Å². The Labute approximate surface area is 200 Å². The van der Waals surface area contributed by atoms with Crippen molar-refractivity contribution in [3.63, 3.8) is 0 Å². The number of halogens is 1. The fraction of sp³-hybridized carbons (Fsp3) is 0.0800. The summed E-state index contributed by atoms with van der Waals surface area (Å²) in [7, 11) is -2.66. The molecule has 0 saturated carbocycles. The van der Waals surface area contributed by atoms with E-state index in [1.807, 2.05) is 0 Å². The van der Waals surface area contributed by atoms with E-state index in [0.717, 1.165) is 12.1 Å². The van der Waals surface area contributed by atoms with Crippen molar-refractivity contribution in [2.75, 3.05) is 11.8 Å². The number of nitrogens with zero attached hydrogens (tertiary/aromatic N) is 2. The average Bonchev–Trinajstić information content (AvgIpc) is 2.83. The molecule has 0 radical (unpaired) electrons. The third-order valence-corrected chi connectivity index (χ3v) is 6.45. The number of aromatic nitrogens is 2. The number of ether oxygens (including phenoxy) is 1. The number of pyridine rings is 2. The van der Waals surface area contributed by atoms with Crippen LogP contribution in [0.3, 0.4) is 0 Å². The molecule has 10 heteroatoms. The molecule has 176 valence electrons. The number of carboxylic acids is 1. The summed E-state index contributed by atoms with van der Waals surface area (Å²) in [5.74, 6) is 4.21. The standard InChI is InChI=1S/C25H18FN3O5S/c1-15-12-16(14-28-23(15)25(30)31)5-6-17-13-18(26)7-8-20(17)29-35(32,33)22-10-9-21(34-2)19-4-3-11-27-24(19)22/h3-4,7-14,29H,1-2H3,(H,30,31). The first-order valence-electron chi connectivity index (χ1n) is 10.2. The number of rotatable bonds is 5. The van der Waals surface area contributed by atoms with Gasteiger partial charge < -0.3 is 9.84 Å². The van der Waals surface area contributed by atoms with Gasteiger partial charge in [-0.2, -0.15) is 0 Å². The zero-order chi connectivity index (χ0) is 25.2. The van der Waals surface area contributed by atoms with E-state index in [0.29, 0.717) is 22.3 Å². The number of nitrogens with one attached hydrogen (secondary N) is 1. The molecule has 0 fully saturated rings. The van der Waals surface area contributed by atoms with E-state index in [-0.39, 0.29) is 27.4 Å². The van der Waals surface area contributed by atoms with E-state index in [1.54, 1.807) is 19.1 Å². The number of benzene rings is 2. The van der Waals surface area contributed by atoms with Gasteiger partial charge in [-0.15, -0.1) is 0 Å². The quantitative estimate of drug-likeness (QED) is 0.405. The van der Waals surface area contributed by atoms with Crippen molar-refractivity contribution >= 4 is 32.6 Å². The summed E-state index contributed by atoms with van der Waals surface area (Å²) in [6.07, 6.45) is 2.75. The van der Waals surface area contributed by atoms with Crippen LogP contribution in [0.5, 0.6) is 5.75 Å². The van der Waals surface area contributed by atoms with Crippen LogP contribution in [0.4, 0.5) is 10.1 Å². The summed E-state index contributed by atoms with van der Waals surface area (Å²) in [4.78, 5) is 19.1. The predicted molar refractivity (Wildman–Crippen MR) is 127 cm³/mol. The van der Waals surface area contributed by atoms with Crippen molar-refractivity contribution in [1.82, 2.24) is 9.97 Å². The fourth-order valence-corrected chi connectivity index (χ4v) is 4.67. The minimum atomic E-state index is -4.14. The molecule has 0 spiro atoms. The zero-order valence-corrected chi connectivity index (χ0v) is 19.4. The van der Waals surface area contributed by atoms with Crippen molar-refractivity contribution in [1.29, 1.82) is 0 Å². The molecule has 0 atom stereocenters. The summed E-state index contributed by atoms with van der Waals surface area (Å²) >= 11 is 0. The Morgan fingerprint density at radius 2 is 1.91 bits per heavy atom. The van der Waals surface area contributed by atoms with Gasteiger partial charge in [0.1, 0.15) is 16.5 Å². The van der Waals surface area contributed by atoms with Crippen LogP contribution < -0.4 is 9.46 Å². The first kappa shape index (κ1) is 23.7. The summed E-state index contributed by atoms with van der Waals surface area (Å²) < 4.78 is 48.3. The van der Waals surface area contributed by atoms with Crippen LogP contribution >= 0.6 is 0 Å². The molecule has 0 aliphatic carbocycles. The van der Waals surface area contributed by atoms with Crippen molar-refractivity contribution < 1.29 is 27.4 Å². The molecule has 0 aliphatic rings. The number of anilines is 1. The molecule has 2 aromatic heterocycles. The van der Waals surface area contributed by atoms with Crippen LogP contribution in [-0.2, 0) is 10.0 Å². The summed E-state index contributed by atoms with van der Waals surface area (Å²) in [5.41, 5.74) is 1.05. The van der Waals surface area contributed by atoms with Crippen LogP contribution in [-0.4, -0.2) is 36.6 Å². The number of fused-ring (bicyclic) bond motifs is 1. The monoisotopic (exact) mass is 491 g/mol. The lowest BCUT2D eigenvalue weighted by Gasteiger charge is -2.13. The molecule has 4 rings (SSSR count). The van der Waals surface area contributed by atoms with Gasteiger partial charge in [-0.05, 0) is 61.0 Å². The Morgan fingerprint density at radius 3 is 2.63 bits per heavy atom. The van der Waals surface area contributed by atoms with Gasteiger partial charge in [-0.25, -0.2) is 22.6 Å². The van der Waals surface area contributed by atoms with Gasteiger partial charge in [0.05, 0.1) is 23.9 Å². The summed E-state index contributed by atoms with van der Waals surface area (Å²) in [5, 5.41) is 9.63. The largest absolute Gasteiger partial charge is 0.496 e. The summed E-state index contributed by atoms with van der Waals surface area (Å²) in [6.45, 7) is 1.58. The second-order valence-electron chi connectivity index (χ2n) is 7.41. The first-order valence-corrected chi connectivity index (χ1v) is 11.6. The van der Waals surface area contributed by atoms with Crippen LogP contribution in [0.1, 0.15) is 27.2 Å². The lowest BCUT2D eigenvalue weighted by atomic mass is 10.1. The minimum Gasteiger partial charge on any atom is -0.496 e. The number of aromatic carboxylic acids is 1. The van der Waals surface area contributed by atoms with Gasteiger partial charge in [0.2, 0.25) is 0 Å². The van der Waals surface area contributed by atoms with Gasteiger partial charge in [-0.3, -0.25) is 9.71 Å². The van der Waals surface area contributed by atoms with Crippen molar-refractivity contribution in [3.8, 4) is 17.6 Å². The lowest BCUT2D eigenvalue weighted by molar-refractivity contribution is 0.0689. The minimum absolute atomic E-state index is 0.0608. The zero-order valence-electron chi connectivity index (χ0n) is 18.5. The number of carbonyl (C=O) groups is 1. The van der Waals surface area contributed by atoms with Gasteiger partial charge in [0, 0.05) is 23.3 Å². The molecule has 0 saturated heterocycles. The van der Waals surface area contributed by atoms with Crippen molar-refractivity contribution in [3.05, 3.63) is 89.1 Å². The third kappa shape index (κ3) is 4.90. The highest BCUT2D eigenvalue weighted by atomic mass is 32.2. The van der Waals surface area contributed by atoms with E-state index < -0.39 is 21.8 Å². The van der Waals surface area contributed by atoms with Crippen molar-refractivity contribution in [2.45, 2.75) is 11.8 Å². The highest BCUT2D eigenvalue weighted by Gasteiger charge is 2.21. The maximum Gasteiger partial charge on any atom is 0.354 e. The lowest BCUT2D eigenvalue weighted by Crippen LogP contribution is -2.15. The maximum absolute atomic E-state index is 14.0. The third-order valence-electron chi connectivity index (χ3n) is 5.05. The van der Waals surface area contributed by atoms with E-state index in [4.69, 9.17) is 9.84 Å². The van der Waals surface area contributed by atoms with Crippen molar-refractivity contribution in [2.24, 2.45) is 0 Å². The molecule has 2 aromatic carbocycles. The molecule has 35 heavy (non-hydrogen) atoms. The maximum atomic E-state index is 14.0. The number of hydrogen-bond donors (Lipinski definition) is 2. The number of sulfonamides is 1. The Bertz CT molecular complexity index is 1640. The fourth-order valence-electron chi connectivity index (χ4n) is 3.43. The smallest absolute Gasteiger partial charge is 0.354 e. The van der Waals surface area contributed by atoms with Crippen LogP contribution in [0, 0.1) is 24.6 Å². The molecule has 8 nitrogen and oxygen atoms in total. The first-order chi connectivity index (χ1) is 16.7. The van der Waals surface area contributed by atoms with Gasteiger partial charge in [-0.1, -0.05) is 11.8 Å². The van der Waals surface area contributed by atoms with Gasteiger partial charge >= 0.3 is 5.97 Å². The molecular formula is C25H18FN3O5S. The Morgan fingerprint density at radius 1 is 1.11 bits per heavy atom. The number of aryl methyl sites for hydroxylation is 1. The molecule has 0 bridgehead atoms. The molecule has 0 amide bonds. The van der Waals surface area contributed by atoms with Gasteiger partial charge in [0.15, 0.2) is 5.69 Å². The number of hydrogen-bond acceptors (Lipinski definition) is 6. The highest BCUT2D eigenvalue weighted by molar-refractivity contribution is 7.93. The molecule has 0 aliphatic heterocycles. The number of carboxylic acid groups (broad SMARTS) is 1. The van der Waals surface area contributed by atoms with Crippen LogP contribution in [0.25, 0.3) is 10.9 Å². The topological polar surface area (TPSA) is 118 Å². The molecule has 2 heterocycles. The predicted octanol–water partition coefficient (Wildman–Crippen LogP) is 3.98. The van der Waals surface area contributed by atoms with E-state index in [2.05, 4.69) is 26.5 Å². The number of methoxy groups -OCH3 is 1. The normalized spacial score (nSPS) is 10.9. The second-order valence-corrected chi connectivity index (χ2v) is 9.06. The van der Waals surface area contributed by atoms with E-state index >= 15 is 0 Å². The van der Waals surface area contributed by atoms with Crippen LogP contribution in [0.15, 0.2) is 65.8 Å². The van der Waals surface area contributed by atoms with E-state index in [1.165, 1.54) is 43.8 Å². The Balaban J connectivity index is 1.74. The Kier molecular flexibility index (Phi) is 6.36.